The van der Waals surface area contributed by atoms with Gasteiger partial charge < -0.3 is 9.47 Å². The molecule has 1 aromatic heterocycles. The zero-order valence-corrected chi connectivity index (χ0v) is 23.7. The molecule has 0 bridgehead atoms. The van der Waals surface area contributed by atoms with Crippen molar-refractivity contribution in [3.05, 3.63) is 71.3 Å². The van der Waals surface area contributed by atoms with Gasteiger partial charge in [0.25, 0.3) is 5.91 Å². The number of ether oxygens (including phenoxy) is 2. The third kappa shape index (κ3) is 7.34. The van der Waals surface area contributed by atoms with Crippen LogP contribution in [0.15, 0.2) is 65.7 Å². The number of amides is 1. The number of thiocarbonyl (C=S) groups is 1. The highest BCUT2D eigenvalue weighted by Crippen LogP contribution is 2.35. The second-order valence-electron chi connectivity index (χ2n) is 9.03. The molecule has 0 N–H and O–H groups in total. The van der Waals surface area contributed by atoms with E-state index in [1.807, 2.05) is 78.5 Å². The first-order valence-corrected chi connectivity index (χ1v) is 14.5. The number of hydrogen-bond donors (Lipinski definition) is 0. The number of hydrogen-bond acceptors (Lipinski definition) is 6. The van der Waals surface area contributed by atoms with Gasteiger partial charge in [0, 0.05) is 37.1 Å². The molecule has 0 spiro atoms. The van der Waals surface area contributed by atoms with Gasteiger partial charge in [-0.1, -0.05) is 68.4 Å². The van der Waals surface area contributed by atoms with Crippen molar-refractivity contribution in [1.29, 1.82) is 0 Å². The fourth-order valence-corrected chi connectivity index (χ4v) is 5.46. The minimum Gasteiger partial charge on any atom is -0.494 e. The van der Waals surface area contributed by atoms with E-state index < -0.39 is 0 Å². The largest absolute Gasteiger partial charge is 0.494 e. The van der Waals surface area contributed by atoms with E-state index in [1.165, 1.54) is 31.0 Å². The normalized spacial score (nSPS) is 14.6. The van der Waals surface area contributed by atoms with E-state index in [4.69, 9.17) is 26.8 Å². The van der Waals surface area contributed by atoms with Crippen LogP contribution in [-0.2, 0) is 9.53 Å². The summed E-state index contributed by atoms with van der Waals surface area (Å²) < 4.78 is 13.8. The Bertz CT molecular complexity index is 1240. The highest BCUT2D eigenvalue weighted by atomic mass is 32.2. The van der Waals surface area contributed by atoms with Gasteiger partial charge in [-0.2, -0.15) is 5.10 Å². The second kappa shape index (κ2) is 14.3. The van der Waals surface area contributed by atoms with Crippen LogP contribution in [0.25, 0.3) is 23.0 Å². The molecule has 2 heterocycles. The van der Waals surface area contributed by atoms with Gasteiger partial charge in [-0.25, -0.2) is 4.68 Å². The van der Waals surface area contributed by atoms with Crippen molar-refractivity contribution >= 4 is 40.3 Å². The van der Waals surface area contributed by atoms with Gasteiger partial charge >= 0.3 is 0 Å². The molecule has 0 unspecified atom stereocenters. The Morgan fingerprint density at radius 1 is 0.974 bits per heavy atom. The molecule has 0 atom stereocenters. The predicted octanol–water partition coefficient (Wildman–Crippen LogP) is 7.13. The molecule has 4 rings (SSSR count). The van der Waals surface area contributed by atoms with Crippen LogP contribution >= 0.6 is 24.0 Å². The van der Waals surface area contributed by atoms with E-state index in [2.05, 4.69) is 6.92 Å². The van der Waals surface area contributed by atoms with Crippen molar-refractivity contribution in [1.82, 2.24) is 14.7 Å². The van der Waals surface area contributed by atoms with Gasteiger partial charge in [0.05, 0.1) is 22.9 Å². The van der Waals surface area contributed by atoms with Crippen molar-refractivity contribution in [3.63, 3.8) is 0 Å². The van der Waals surface area contributed by atoms with Crippen molar-refractivity contribution in [2.24, 2.45) is 0 Å². The SMILES string of the molecule is CCCCCCOc1ccc(-c2nn(-c3ccccc3)cc2/C=C2/SC(=S)N(CCCOCC)C2=O)cc1. The van der Waals surface area contributed by atoms with Gasteiger partial charge in [-0.05, 0) is 62.2 Å². The molecule has 38 heavy (non-hydrogen) atoms. The van der Waals surface area contributed by atoms with Gasteiger partial charge in [0.2, 0.25) is 0 Å². The van der Waals surface area contributed by atoms with Crippen LogP contribution in [0, 0.1) is 0 Å². The topological polar surface area (TPSA) is 56.6 Å². The summed E-state index contributed by atoms with van der Waals surface area (Å²) in [5, 5.41) is 4.90. The first-order valence-electron chi connectivity index (χ1n) is 13.3. The Labute approximate surface area is 235 Å². The van der Waals surface area contributed by atoms with Crippen LogP contribution in [-0.4, -0.2) is 51.3 Å². The molecular weight excluding hydrogens is 514 g/mol. The van der Waals surface area contributed by atoms with Gasteiger partial charge in [0.1, 0.15) is 10.1 Å². The van der Waals surface area contributed by atoms with E-state index in [1.54, 1.807) is 4.90 Å². The van der Waals surface area contributed by atoms with Gasteiger partial charge in [-0.3, -0.25) is 9.69 Å². The summed E-state index contributed by atoms with van der Waals surface area (Å²) in [4.78, 5) is 15.5. The molecule has 1 aliphatic rings. The summed E-state index contributed by atoms with van der Waals surface area (Å²) in [6, 6.07) is 18.0. The molecule has 1 fully saturated rings. The highest BCUT2D eigenvalue weighted by Gasteiger charge is 2.32. The maximum Gasteiger partial charge on any atom is 0.266 e. The standard InChI is InChI=1S/C30H35N3O3S2/c1-3-5-6-10-20-36-26-16-14-23(15-17-26)28-24(22-33(31-28)25-12-8-7-9-13-25)21-27-29(34)32(30(37)38-27)18-11-19-35-4-2/h7-9,12-17,21-22H,3-6,10-11,18-20H2,1-2H3/b27-21+. The monoisotopic (exact) mass is 549 g/mol. The Morgan fingerprint density at radius 3 is 2.50 bits per heavy atom. The summed E-state index contributed by atoms with van der Waals surface area (Å²) >= 11 is 6.86. The molecular formula is C30H35N3O3S2. The Hall–Kier alpha value is -2.94. The Kier molecular flexibility index (Phi) is 10.6. The average Bonchev–Trinajstić information content (AvgIpc) is 3.48. The third-order valence-corrected chi connectivity index (χ3v) is 7.57. The van der Waals surface area contributed by atoms with Crippen molar-refractivity contribution < 1.29 is 14.3 Å². The molecule has 0 aliphatic carbocycles. The number of aromatic nitrogens is 2. The molecule has 6 nitrogen and oxygen atoms in total. The lowest BCUT2D eigenvalue weighted by atomic mass is 10.1. The minimum absolute atomic E-state index is 0.0678. The first-order chi connectivity index (χ1) is 18.6. The molecule has 1 aliphatic heterocycles. The van der Waals surface area contributed by atoms with Crippen LogP contribution in [0.5, 0.6) is 5.75 Å². The second-order valence-corrected chi connectivity index (χ2v) is 10.7. The van der Waals surface area contributed by atoms with Gasteiger partial charge in [-0.15, -0.1) is 0 Å². The molecule has 1 saturated heterocycles. The number of nitrogens with zero attached hydrogens (tertiary/aromatic N) is 3. The zero-order chi connectivity index (χ0) is 26.7. The zero-order valence-electron chi connectivity index (χ0n) is 22.1. The highest BCUT2D eigenvalue weighted by molar-refractivity contribution is 8.26. The number of unbranched alkanes of at least 4 members (excludes halogenated alkanes) is 3. The summed E-state index contributed by atoms with van der Waals surface area (Å²) in [5.74, 6) is 0.781. The lowest BCUT2D eigenvalue weighted by Crippen LogP contribution is -2.29. The minimum atomic E-state index is -0.0678. The Balaban J connectivity index is 1.57. The number of benzene rings is 2. The quantitative estimate of drug-likeness (QED) is 0.121. The summed E-state index contributed by atoms with van der Waals surface area (Å²) in [7, 11) is 0. The molecule has 0 radical (unpaired) electrons. The smallest absolute Gasteiger partial charge is 0.266 e. The lowest BCUT2D eigenvalue weighted by molar-refractivity contribution is -0.122. The van der Waals surface area contributed by atoms with E-state index in [0.717, 1.165) is 47.7 Å². The number of para-hydroxylation sites is 1. The third-order valence-electron chi connectivity index (χ3n) is 6.19. The summed E-state index contributed by atoms with van der Waals surface area (Å²) in [6.45, 7) is 6.72. The number of thioether (sulfide) groups is 1. The first kappa shape index (κ1) is 28.1. The number of carbonyl (C=O) groups is 1. The van der Waals surface area contributed by atoms with Crippen molar-refractivity contribution in [2.75, 3.05) is 26.4 Å². The van der Waals surface area contributed by atoms with Crippen LogP contribution in [0.1, 0.15) is 51.5 Å². The fourth-order valence-electron chi connectivity index (χ4n) is 4.16. The van der Waals surface area contributed by atoms with Crippen LogP contribution in [0.4, 0.5) is 0 Å². The predicted molar refractivity (Wildman–Crippen MR) is 160 cm³/mol. The van der Waals surface area contributed by atoms with E-state index >= 15 is 0 Å². The molecule has 1 amide bonds. The number of rotatable bonds is 14. The molecule has 8 heteroatoms. The molecule has 3 aromatic rings. The summed E-state index contributed by atoms with van der Waals surface area (Å²) in [5.41, 5.74) is 3.56. The van der Waals surface area contributed by atoms with Crippen LogP contribution in [0.3, 0.4) is 0 Å². The molecule has 2 aromatic carbocycles. The molecule has 200 valence electrons. The van der Waals surface area contributed by atoms with Crippen molar-refractivity contribution in [3.8, 4) is 22.7 Å². The number of carbonyl (C=O) groups excluding carboxylic acids is 1. The summed E-state index contributed by atoms with van der Waals surface area (Å²) in [6.07, 6.45) is 9.31. The van der Waals surface area contributed by atoms with Crippen LogP contribution < -0.4 is 4.74 Å². The van der Waals surface area contributed by atoms with Crippen molar-refractivity contribution in [2.45, 2.75) is 46.0 Å². The fraction of sp³-hybridized carbons (Fsp3) is 0.367. The van der Waals surface area contributed by atoms with E-state index in [9.17, 15) is 4.79 Å². The molecule has 0 saturated carbocycles. The van der Waals surface area contributed by atoms with E-state index in [0.29, 0.717) is 29.0 Å². The average molecular weight is 550 g/mol. The Morgan fingerprint density at radius 2 is 1.76 bits per heavy atom. The van der Waals surface area contributed by atoms with Crippen LogP contribution in [0.2, 0.25) is 0 Å². The van der Waals surface area contributed by atoms with E-state index in [-0.39, 0.29) is 5.91 Å². The lowest BCUT2D eigenvalue weighted by Gasteiger charge is -2.13. The maximum atomic E-state index is 13.2. The maximum absolute atomic E-state index is 13.2. The van der Waals surface area contributed by atoms with Gasteiger partial charge in [0.15, 0.2) is 0 Å².